The summed E-state index contributed by atoms with van der Waals surface area (Å²) in [5.74, 6) is 2.43. The van der Waals surface area contributed by atoms with Crippen molar-refractivity contribution in [2.24, 2.45) is 17.8 Å². The molecule has 0 aliphatic heterocycles. The van der Waals surface area contributed by atoms with Crippen LogP contribution in [0.3, 0.4) is 0 Å². The Bertz CT molecular complexity index is 132. The van der Waals surface area contributed by atoms with Gasteiger partial charge in [0.05, 0.1) is 6.61 Å². The average molecular weight is 215 g/mol. The zero-order chi connectivity index (χ0) is 11.7. The first kappa shape index (κ1) is 14.9. The summed E-state index contributed by atoms with van der Waals surface area (Å²) in [5.41, 5.74) is 0. The zero-order valence-electron chi connectivity index (χ0n) is 11.2. The zero-order valence-corrected chi connectivity index (χ0v) is 11.2. The minimum absolute atomic E-state index is 0.768. The summed E-state index contributed by atoms with van der Waals surface area (Å²) in [6.45, 7) is 12.2. The van der Waals surface area contributed by atoms with Crippen molar-refractivity contribution in [1.29, 1.82) is 0 Å². The average Bonchev–Trinajstić information content (AvgIpc) is 2.22. The van der Waals surface area contributed by atoms with Gasteiger partial charge in [0.2, 0.25) is 0 Å². The number of nitrogens with one attached hydrogen (secondary N) is 1. The van der Waals surface area contributed by atoms with Gasteiger partial charge in [-0.05, 0) is 24.3 Å². The van der Waals surface area contributed by atoms with Crippen molar-refractivity contribution in [3.8, 4) is 0 Å². The predicted octanol–water partition coefficient (Wildman–Crippen LogP) is 2.93. The first-order valence-electron chi connectivity index (χ1n) is 6.36. The summed E-state index contributed by atoms with van der Waals surface area (Å²) in [7, 11) is 1.75. The maximum atomic E-state index is 5.03. The number of rotatable bonds is 9. The van der Waals surface area contributed by atoms with Gasteiger partial charge in [0.1, 0.15) is 0 Å². The Balaban J connectivity index is 3.92. The van der Waals surface area contributed by atoms with Crippen LogP contribution >= 0.6 is 0 Å². The van der Waals surface area contributed by atoms with Gasteiger partial charge < -0.3 is 10.1 Å². The second-order valence-corrected chi connectivity index (χ2v) is 4.68. The topological polar surface area (TPSA) is 21.3 Å². The van der Waals surface area contributed by atoms with E-state index in [1.807, 2.05) is 0 Å². The Hall–Kier alpha value is -0.0800. The lowest BCUT2D eigenvalue weighted by Gasteiger charge is -2.29. The second-order valence-electron chi connectivity index (χ2n) is 4.68. The highest BCUT2D eigenvalue weighted by Gasteiger charge is 2.20. The Labute approximate surface area is 95.8 Å². The quantitative estimate of drug-likeness (QED) is 0.597. The molecule has 0 bridgehead atoms. The summed E-state index contributed by atoms with van der Waals surface area (Å²) >= 11 is 0. The molecule has 0 aromatic rings. The van der Waals surface area contributed by atoms with Crippen LogP contribution in [0.1, 0.15) is 40.5 Å². The molecule has 2 nitrogen and oxygen atoms in total. The van der Waals surface area contributed by atoms with Crippen LogP contribution in [-0.4, -0.2) is 26.8 Å². The lowest BCUT2D eigenvalue weighted by molar-refractivity contribution is 0.186. The van der Waals surface area contributed by atoms with Crippen LogP contribution in [0.25, 0.3) is 0 Å². The van der Waals surface area contributed by atoms with E-state index >= 15 is 0 Å². The molecule has 0 heterocycles. The van der Waals surface area contributed by atoms with Crippen molar-refractivity contribution in [2.45, 2.75) is 40.5 Å². The molecule has 0 aromatic carbocycles. The molecule has 0 rings (SSSR count). The maximum absolute atomic E-state index is 5.03. The van der Waals surface area contributed by atoms with Crippen molar-refractivity contribution >= 4 is 0 Å². The van der Waals surface area contributed by atoms with E-state index in [-0.39, 0.29) is 0 Å². The monoisotopic (exact) mass is 215 g/mol. The largest absolute Gasteiger partial charge is 0.383 e. The van der Waals surface area contributed by atoms with Gasteiger partial charge >= 0.3 is 0 Å². The Morgan fingerprint density at radius 1 is 1.13 bits per heavy atom. The van der Waals surface area contributed by atoms with Gasteiger partial charge in [-0.1, -0.05) is 40.5 Å². The number of ether oxygens (including phenoxy) is 1. The molecule has 15 heavy (non-hydrogen) atoms. The van der Waals surface area contributed by atoms with Gasteiger partial charge in [0.15, 0.2) is 0 Å². The smallest absolute Gasteiger partial charge is 0.0587 e. The fourth-order valence-corrected chi connectivity index (χ4v) is 2.28. The van der Waals surface area contributed by atoms with Gasteiger partial charge in [0.25, 0.3) is 0 Å². The summed E-state index contributed by atoms with van der Waals surface area (Å²) in [4.78, 5) is 0. The van der Waals surface area contributed by atoms with Crippen LogP contribution in [0.4, 0.5) is 0 Å². The molecule has 0 aliphatic rings. The van der Waals surface area contributed by atoms with Gasteiger partial charge in [-0.2, -0.15) is 0 Å². The van der Waals surface area contributed by atoms with Crippen molar-refractivity contribution in [3.05, 3.63) is 0 Å². The summed E-state index contributed by atoms with van der Waals surface area (Å²) in [5, 5.41) is 3.49. The van der Waals surface area contributed by atoms with Crippen molar-refractivity contribution in [1.82, 2.24) is 5.32 Å². The molecular formula is C13H29NO. The molecule has 0 saturated carbocycles. The van der Waals surface area contributed by atoms with Crippen LogP contribution in [0.5, 0.6) is 0 Å². The van der Waals surface area contributed by atoms with Crippen LogP contribution in [0, 0.1) is 17.8 Å². The van der Waals surface area contributed by atoms with Crippen molar-refractivity contribution < 1.29 is 4.74 Å². The van der Waals surface area contributed by atoms with E-state index in [0.29, 0.717) is 0 Å². The van der Waals surface area contributed by atoms with Crippen LogP contribution < -0.4 is 5.32 Å². The highest BCUT2D eigenvalue weighted by Crippen LogP contribution is 2.25. The molecule has 0 fully saturated rings. The van der Waals surface area contributed by atoms with Gasteiger partial charge in [-0.3, -0.25) is 0 Å². The molecule has 0 radical (unpaired) electrons. The van der Waals surface area contributed by atoms with E-state index in [1.165, 1.54) is 12.8 Å². The lowest BCUT2D eigenvalue weighted by atomic mass is 9.80. The molecule has 1 atom stereocenters. The lowest BCUT2D eigenvalue weighted by Crippen LogP contribution is -2.33. The molecule has 0 saturated heterocycles. The molecule has 1 unspecified atom stereocenters. The van der Waals surface area contributed by atoms with Gasteiger partial charge in [-0.25, -0.2) is 0 Å². The summed E-state index contributed by atoms with van der Waals surface area (Å²) in [6, 6.07) is 0. The number of hydrogen-bond donors (Lipinski definition) is 1. The highest BCUT2D eigenvalue weighted by atomic mass is 16.5. The molecule has 92 valence electrons. The molecule has 0 amide bonds. The molecule has 1 N–H and O–H groups in total. The third-order valence-corrected chi connectivity index (χ3v) is 3.37. The molecule has 2 heteroatoms. The number of methoxy groups -OCH3 is 1. The minimum Gasteiger partial charge on any atom is -0.383 e. The van der Waals surface area contributed by atoms with E-state index in [9.17, 15) is 0 Å². The van der Waals surface area contributed by atoms with Crippen molar-refractivity contribution in [2.75, 3.05) is 26.8 Å². The third-order valence-electron chi connectivity index (χ3n) is 3.37. The second kappa shape index (κ2) is 9.17. The SMILES string of the molecule is CCC(CC)C(CNCCOC)C(C)C. The van der Waals surface area contributed by atoms with E-state index in [4.69, 9.17) is 4.74 Å². The standard InChI is InChI=1S/C13H29NO/c1-6-12(7-2)13(11(3)4)10-14-8-9-15-5/h11-14H,6-10H2,1-5H3. The summed E-state index contributed by atoms with van der Waals surface area (Å²) in [6.07, 6.45) is 2.59. The normalized spacial score (nSPS) is 13.8. The van der Waals surface area contributed by atoms with Gasteiger partial charge in [-0.15, -0.1) is 0 Å². The molecule has 0 aromatic heterocycles. The Kier molecular flexibility index (Phi) is 9.12. The maximum Gasteiger partial charge on any atom is 0.0587 e. The van der Waals surface area contributed by atoms with E-state index in [1.54, 1.807) is 7.11 Å². The Morgan fingerprint density at radius 2 is 1.73 bits per heavy atom. The van der Waals surface area contributed by atoms with Gasteiger partial charge in [0, 0.05) is 13.7 Å². The fraction of sp³-hybridized carbons (Fsp3) is 1.00. The van der Waals surface area contributed by atoms with E-state index in [0.717, 1.165) is 37.5 Å². The first-order chi connectivity index (χ1) is 7.17. The predicted molar refractivity (Wildman–Crippen MR) is 67.1 cm³/mol. The summed E-state index contributed by atoms with van der Waals surface area (Å²) < 4.78 is 5.03. The van der Waals surface area contributed by atoms with Crippen LogP contribution in [0.2, 0.25) is 0 Å². The van der Waals surface area contributed by atoms with E-state index < -0.39 is 0 Å². The van der Waals surface area contributed by atoms with Crippen LogP contribution in [-0.2, 0) is 4.74 Å². The fourth-order valence-electron chi connectivity index (χ4n) is 2.28. The molecule has 0 spiro atoms. The Morgan fingerprint density at radius 3 is 2.13 bits per heavy atom. The highest BCUT2D eigenvalue weighted by molar-refractivity contribution is 4.73. The van der Waals surface area contributed by atoms with Crippen molar-refractivity contribution in [3.63, 3.8) is 0 Å². The van der Waals surface area contributed by atoms with E-state index in [2.05, 4.69) is 33.0 Å². The van der Waals surface area contributed by atoms with Crippen LogP contribution in [0.15, 0.2) is 0 Å². The third kappa shape index (κ3) is 6.16. The first-order valence-corrected chi connectivity index (χ1v) is 6.36. The molecule has 0 aliphatic carbocycles. The minimum atomic E-state index is 0.768. The molecular weight excluding hydrogens is 186 g/mol. The number of hydrogen-bond acceptors (Lipinski definition) is 2.